The van der Waals surface area contributed by atoms with Crippen LogP contribution in [0.2, 0.25) is 0 Å². The van der Waals surface area contributed by atoms with Crippen molar-refractivity contribution in [3.05, 3.63) is 0 Å². The van der Waals surface area contributed by atoms with Crippen LogP contribution in [0.3, 0.4) is 0 Å². The second kappa shape index (κ2) is 2.82. The van der Waals surface area contributed by atoms with E-state index in [0.29, 0.717) is 0 Å². The number of rotatable bonds is 0. The van der Waals surface area contributed by atoms with E-state index in [1.54, 1.807) is 0 Å². The Labute approximate surface area is 65.7 Å². The Morgan fingerprint density at radius 2 is 2.30 bits per heavy atom. The van der Waals surface area contributed by atoms with Crippen LogP contribution in [0.1, 0.15) is 12.8 Å². The molecule has 0 aliphatic carbocycles. The minimum Gasteiger partial charge on any atom is -0.350 e. The van der Waals surface area contributed by atoms with Gasteiger partial charge < -0.3 is 4.90 Å². The van der Waals surface area contributed by atoms with Crippen LogP contribution in [-0.2, 0) is 0 Å². The predicted octanol–water partition coefficient (Wildman–Crippen LogP) is 1.19. The Kier molecular flexibility index (Phi) is 1.84. The van der Waals surface area contributed by atoms with Crippen molar-refractivity contribution >= 4 is 16.9 Å². The highest BCUT2D eigenvalue weighted by atomic mass is 32.2. The fraction of sp³-hybridized carbons (Fsp3) is 0.857. The summed E-state index contributed by atoms with van der Waals surface area (Å²) in [6.07, 6.45) is 2.71. The molecule has 2 aliphatic heterocycles. The van der Waals surface area contributed by atoms with Gasteiger partial charge in [-0.05, 0) is 12.8 Å². The van der Waals surface area contributed by atoms with Crippen molar-refractivity contribution in [3.63, 3.8) is 0 Å². The standard InChI is InChI=1S/C7H12N2S/c1-2-6-10-7-8-3-5-9(7)4-1/h1-6H2. The molecule has 2 nitrogen and oxygen atoms in total. The molecule has 3 heteroatoms. The molecular weight excluding hydrogens is 144 g/mol. The SMILES string of the molecule is C1CCN2CCN=C2SC1. The quantitative estimate of drug-likeness (QED) is 0.523. The summed E-state index contributed by atoms with van der Waals surface area (Å²) in [6, 6.07) is 0. The van der Waals surface area contributed by atoms with Crippen molar-refractivity contribution in [1.29, 1.82) is 0 Å². The van der Waals surface area contributed by atoms with Gasteiger partial charge in [-0.3, -0.25) is 4.99 Å². The highest BCUT2D eigenvalue weighted by Gasteiger charge is 2.18. The average molecular weight is 156 g/mol. The minimum absolute atomic E-state index is 1.03. The van der Waals surface area contributed by atoms with Crippen molar-refractivity contribution in [2.45, 2.75) is 12.8 Å². The van der Waals surface area contributed by atoms with Gasteiger partial charge in [0.1, 0.15) is 0 Å². The zero-order valence-electron chi connectivity index (χ0n) is 6.05. The topological polar surface area (TPSA) is 15.6 Å². The fourth-order valence-corrected chi connectivity index (χ4v) is 2.45. The van der Waals surface area contributed by atoms with E-state index in [2.05, 4.69) is 9.89 Å². The van der Waals surface area contributed by atoms with Gasteiger partial charge in [0.15, 0.2) is 5.17 Å². The van der Waals surface area contributed by atoms with Gasteiger partial charge in [-0.25, -0.2) is 0 Å². The summed E-state index contributed by atoms with van der Waals surface area (Å²) in [5.74, 6) is 1.27. The molecule has 0 aromatic rings. The molecule has 1 fully saturated rings. The molecule has 0 spiro atoms. The molecule has 56 valence electrons. The van der Waals surface area contributed by atoms with Gasteiger partial charge in [0, 0.05) is 18.8 Å². The van der Waals surface area contributed by atoms with Gasteiger partial charge in [0.05, 0.1) is 6.54 Å². The summed E-state index contributed by atoms with van der Waals surface area (Å²) in [7, 11) is 0. The first-order valence-corrected chi connectivity index (χ1v) is 4.87. The second-order valence-electron chi connectivity index (χ2n) is 2.71. The third kappa shape index (κ3) is 1.15. The summed E-state index contributed by atoms with van der Waals surface area (Å²) in [5, 5.41) is 1.30. The summed E-state index contributed by atoms with van der Waals surface area (Å²) < 4.78 is 0. The van der Waals surface area contributed by atoms with Crippen LogP contribution in [0.25, 0.3) is 0 Å². The smallest absolute Gasteiger partial charge is 0.159 e. The Hall–Kier alpha value is -0.180. The summed E-state index contributed by atoms with van der Waals surface area (Å²) in [5.41, 5.74) is 0. The Balaban J connectivity index is 2.06. The first-order chi connectivity index (χ1) is 4.97. The van der Waals surface area contributed by atoms with Crippen molar-refractivity contribution < 1.29 is 0 Å². The molecule has 2 aliphatic rings. The lowest BCUT2D eigenvalue weighted by atomic mass is 10.3. The zero-order valence-corrected chi connectivity index (χ0v) is 6.86. The molecule has 0 unspecified atom stereocenters. The van der Waals surface area contributed by atoms with E-state index in [9.17, 15) is 0 Å². The fourth-order valence-electron chi connectivity index (χ4n) is 1.37. The first-order valence-electron chi connectivity index (χ1n) is 3.89. The van der Waals surface area contributed by atoms with Gasteiger partial charge in [-0.1, -0.05) is 11.8 Å². The second-order valence-corrected chi connectivity index (χ2v) is 3.77. The van der Waals surface area contributed by atoms with Crippen molar-refractivity contribution in [3.8, 4) is 0 Å². The van der Waals surface area contributed by atoms with Crippen LogP contribution in [-0.4, -0.2) is 35.5 Å². The zero-order chi connectivity index (χ0) is 6.81. The van der Waals surface area contributed by atoms with E-state index in [1.807, 2.05) is 11.8 Å². The van der Waals surface area contributed by atoms with Crippen LogP contribution in [0.4, 0.5) is 0 Å². The van der Waals surface area contributed by atoms with E-state index in [-0.39, 0.29) is 0 Å². The average Bonchev–Trinajstić information content (AvgIpc) is 2.28. The molecule has 1 saturated heterocycles. The molecule has 0 bridgehead atoms. The number of thioether (sulfide) groups is 1. The lowest BCUT2D eigenvalue weighted by Gasteiger charge is -2.15. The first kappa shape index (κ1) is 6.53. The van der Waals surface area contributed by atoms with Gasteiger partial charge in [0.2, 0.25) is 0 Å². The number of hydrogen-bond acceptors (Lipinski definition) is 3. The van der Waals surface area contributed by atoms with Gasteiger partial charge in [-0.2, -0.15) is 0 Å². The van der Waals surface area contributed by atoms with E-state index < -0.39 is 0 Å². The maximum atomic E-state index is 4.42. The lowest BCUT2D eigenvalue weighted by molar-refractivity contribution is 0.454. The third-order valence-electron chi connectivity index (χ3n) is 1.94. The summed E-state index contributed by atoms with van der Waals surface area (Å²) in [4.78, 5) is 6.84. The largest absolute Gasteiger partial charge is 0.350 e. The van der Waals surface area contributed by atoms with Crippen molar-refractivity contribution in [2.24, 2.45) is 4.99 Å². The Morgan fingerprint density at radius 1 is 1.30 bits per heavy atom. The highest BCUT2D eigenvalue weighted by Crippen LogP contribution is 2.19. The molecule has 10 heavy (non-hydrogen) atoms. The van der Waals surface area contributed by atoms with E-state index in [0.717, 1.165) is 6.54 Å². The number of hydrogen-bond donors (Lipinski definition) is 0. The number of amidine groups is 1. The molecule has 0 radical (unpaired) electrons. The van der Waals surface area contributed by atoms with E-state index in [4.69, 9.17) is 0 Å². The summed E-state index contributed by atoms with van der Waals surface area (Å²) in [6.45, 7) is 3.44. The van der Waals surface area contributed by atoms with Crippen LogP contribution in [0, 0.1) is 0 Å². The molecular formula is C7H12N2S. The van der Waals surface area contributed by atoms with Gasteiger partial charge >= 0.3 is 0 Å². The highest BCUT2D eigenvalue weighted by molar-refractivity contribution is 8.13. The number of fused-ring (bicyclic) bond motifs is 1. The van der Waals surface area contributed by atoms with Crippen LogP contribution in [0.5, 0.6) is 0 Å². The molecule has 2 rings (SSSR count). The molecule has 2 heterocycles. The van der Waals surface area contributed by atoms with Crippen LogP contribution < -0.4 is 0 Å². The minimum atomic E-state index is 1.03. The van der Waals surface area contributed by atoms with E-state index in [1.165, 1.54) is 36.9 Å². The lowest BCUT2D eigenvalue weighted by Crippen LogP contribution is -2.25. The molecule has 0 saturated carbocycles. The van der Waals surface area contributed by atoms with Gasteiger partial charge in [-0.15, -0.1) is 0 Å². The monoisotopic (exact) mass is 156 g/mol. The maximum absolute atomic E-state index is 4.42. The molecule has 0 aromatic carbocycles. The van der Waals surface area contributed by atoms with Crippen molar-refractivity contribution in [1.82, 2.24) is 4.90 Å². The number of aliphatic imine (C=N–C) groups is 1. The molecule has 0 N–H and O–H groups in total. The summed E-state index contributed by atoms with van der Waals surface area (Å²) >= 11 is 1.93. The Morgan fingerprint density at radius 3 is 3.30 bits per heavy atom. The third-order valence-corrected chi connectivity index (χ3v) is 3.08. The van der Waals surface area contributed by atoms with Gasteiger partial charge in [0.25, 0.3) is 0 Å². The maximum Gasteiger partial charge on any atom is 0.159 e. The molecule has 0 atom stereocenters. The molecule has 0 amide bonds. The number of nitrogens with zero attached hydrogens (tertiary/aromatic N) is 2. The Bertz CT molecular complexity index is 156. The van der Waals surface area contributed by atoms with Crippen LogP contribution in [0.15, 0.2) is 4.99 Å². The normalized spacial score (nSPS) is 25.6. The van der Waals surface area contributed by atoms with Crippen LogP contribution >= 0.6 is 11.8 Å². The predicted molar refractivity (Wildman–Crippen MR) is 45.6 cm³/mol. The molecule has 0 aromatic heterocycles. The van der Waals surface area contributed by atoms with Crippen molar-refractivity contribution in [2.75, 3.05) is 25.4 Å². The van der Waals surface area contributed by atoms with E-state index >= 15 is 0 Å².